The van der Waals surface area contributed by atoms with Crippen molar-refractivity contribution >= 4 is 23.2 Å². The summed E-state index contributed by atoms with van der Waals surface area (Å²) in [6.45, 7) is 1.59. The van der Waals surface area contributed by atoms with Crippen LogP contribution in [0.1, 0.15) is 0 Å². The number of nitrogens with one attached hydrogen (secondary N) is 1. The number of hydrazine groups is 1. The molecule has 0 aromatic rings. The molecule has 0 aromatic carbocycles. The summed E-state index contributed by atoms with van der Waals surface area (Å²) < 4.78 is 0. The Hall–Kier alpha value is -0.0200. The van der Waals surface area contributed by atoms with E-state index in [4.69, 9.17) is 23.2 Å². The van der Waals surface area contributed by atoms with Crippen LogP contribution in [0.5, 0.6) is 0 Å². The highest BCUT2D eigenvalue weighted by Gasteiger charge is 2.19. The second kappa shape index (κ2) is 2.51. The minimum absolute atomic E-state index is 0.558. The first kappa shape index (κ1) is 6.11. The van der Waals surface area contributed by atoms with E-state index in [9.17, 15) is 0 Å². The number of hydrogen-bond acceptors (Lipinski definition) is 2. The van der Waals surface area contributed by atoms with Crippen molar-refractivity contribution in [2.75, 3.05) is 13.1 Å². The SMILES string of the molecule is ClC(Cl)[N+]1=NCCN1. The minimum atomic E-state index is -0.558. The van der Waals surface area contributed by atoms with Gasteiger partial charge in [-0.25, -0.2) is 0 Å². The van der Waals surface area contributed by atoms with Gasteiger partial charge in [0.05, 0.1) is 6.54 Å². The first-order valence-corrected chi connectivity index (χ1v) is 3.16. The molecule has 0 radical (unpaired) electrons. The Morgan fingerprint density at radius 1 is 1.62 bits per heavy atom. The number of azo groups is 1. The fourth-order valence-corrected chi connectivity index (χ4v) is 0.764. The monoisotopic (exact) mass is 154 g/mol. The van der Waals surface area contributed by atoms with Crippen molar-refractivity contribution in [3.8, 4) is 0 Å². The smallest absolute Gasteiger partial charge is 0.169 e. The molecule has 0 bridgehead atoms. The molecule has 1 aliphatic heterocycles. The molecule has 8 heavy (non-hydrogen) atoms. The fourth-order valence-electron chi connectivity index (χ4n) is 0.503. The highest BCUT2D eigenvalue weighted by atomic mass is 35.5. The molecule has 0 amide bonds. The molecule has 3 nitrogen and oxygen atoms in total. The molecule has 1 N–H and O–H groups in total. The summed E-state index contributed by atoms with van der Waals surface area (Å²) in [6, 6.07) is 0. The molecule has 46 valence electrons. The molecular weight excluding hydrogens is 149 g/mol. The molecule has 0 fully saturated rings. The lowest BCUT2D eigenvalue weighted by molar-refractivity contribution is -0.633. The molecule has 0 saturated carbocycles. The van der Waals surface area contributed by atoms with Gasteiger partial charge < -0.3 is 0 Å². The van der Waals surface area contributed by atoms with E-state index in [0.29, 0.717) is 0 Å². The summed E-state index contributed by atoms with van der Waals surface area (Å²) in [6.07, 6.45) is 0. The normalized spacial score (nSPS) is 18.6. The van der Waals surface area contributed by atoms with Crippen LogP contribution in [0.15, 0.2) is 5.11 Å². The van der Waals surface area contributed by atoms with E-state index < -0.39 is 4.96 Å². The quantitative estimate of drug-likeness (QED) is 0.337. The maximum atomic E-state index is 5.42. The predicted octanol–water partition coefficient (Wildman–Crippen LogP) is 0.730. The second-order valence-corrected chi connectivity index (χ2v) is 2.45. The molecule has 1 heterocycles. The highest BCUT2D eigenvalue weighted by Crippen LogP contribution is 2.03. The predicted molar refractivity (Wildman–Crippen MR) is 31.1 cm³/mol. The molecule has 0 spiro atoms. The molecule has 0 unspecified atom stereocenters. The molecule has 1 rings (SSSR count). The van der Waals surface area contributed by atoms with E-state index in [1.807, 2.05) is 0 Å². The number of rotatable bonds is 1. The van der Waals surface area contributed by atoms with Gasteiger partial charge in [-0.3, -0.25) is 0 Å². The van der Waals surface area contributed by atoms with E-state index in [1.54, 1.807) is 0 Å². The van der Waals surface area contributed by atoms with Crippen molar-refractivity contribution in [2.45, 2.75) is 4.96 Å². The largest absolute Gasteiger partial charge is 0.357 e. The van der Waals surface area contributed by atoms with Gasteiger partial charge in [-0.15, -0.1) is 0 Å². The first-order chi connectivity index (χ1) is 3.80. The van der Waals surface area contributed by atoms with Gasteiger partial charge in [0.2, 0.25) is 0 Å². The van der Waals surface area contributed by atoms with Gasteiger partial charge in [0.15, 0.2) is 0 Å². The van der Waals surface area contributed by atoms with Crippen LogP contribution >= 0.6 is 23.2 Å². The lowest BCUT2D eigenvalue weighted by atomic mass is 10.7. The second-order valence-electron chi connectivity index (χ2n) is 1.40. The standard InChI is InChI=1S/C3H6Cl2N3/c4-3(5)8-6-1-2-7-8/h3H,1-2H2,(H,6,7)/q+1. The van der Waals surface area contributed by atoms with Crippen LogP contribution in [0.25, 0.3) is 0 Å². The lowest BCUT2D eigenvalue weighted by Gasteiger charge is -1.90. The van der Waals surface area contributed by atoms with Gasteiger partial charge in [-0.2, -0.15) is 5.43 Å². The van der Waals surface area contributed by atoms with Gasteiger partial charge in [0.1, 0.15) is 6.54 Å². The zero-order valence-corrected chi connectivity index (χ0v) is 5.65. The number of nitrogens with zero attached hydrogens (tertiary/aromatic N) is 2. The Bertz CT molecular complexity index is 111. The first-order valence-electron chi connectivity index (χ1n) is 2.29. The maximum Gasteiger partial charge on any atom is 0.357 e. The number of hydrogen-bond donors (Lipinski definition) is 1. The average molecular weight is 155 g/mol. The third-order valence-electron chi connectivity index (χ3n) is 0.823. The Labute approximate surface area is 57.2 Å². The summed E-state index contributed by atoms with van der Waals surface area (Å²) in [5.74, 6) is 0. The van der Waals surface area contributed by atoms with Crippen molar-refractivity contribution in [3.63, 3.8) is 0 Å². The van der Waals surface area contributed by atoms with E-state index in [-0.39, 0.29) is 0 Å². The fraction of sp³-hybridized carbons (Fsp3) is 1.00. The lowest BCUT2D eigenvalue weighted by Crippen LogP contribution is -2.25. The van der Waals surface area contributed by atoms with E-state index >= 15 is 0 Å². The Morgan fingerprint density at radius 2 is 2.38 bits per heavy atom. The highest BCUT2D eigenvalue weighted by molar-refractivity contribution is 6.42. The van der Waals surface area contributed by atoms with Crippen molar-refractivity contribution in [2.24, 2.45) is 5.11 Å². The Morgan fingerprint density at radius 3 is 2.62 bits per heavy atom. The zero-order chi connectivity index (χ0) is 5.98. The molecular formula is C3H6Cl2N3+. The molecule has 0 saturated heterocycles. The van der Waals surface area contributed by atoms with Gasteiger partial charge in [0, 0.05) is 4.81 Å². The van der Waals surface area contributed by atoms with Crippen molar-refractivity contribution in [3.05, 3.63) is 0 Å². The van der Waals surface area contributed by atoms with Crippen LogP contribution in [0.3, 0.4) is 0 Å². The Balaban J connectivity index is 2.45. The third-order valence-corrected chi connectivity index (χ3v) is 1.19. The Kier molecular flexibility index (Phi) is 1.91. The van der Waals surface area contributed by atoms with Gasteiger partial charge >= 0.3 is 4.96 Å². The van der Waals surface area contributed by atoms with Crippen LogP contribution in [-0.2, 0) is 0 Å². The molecule has 0 atom stereocenters. The summed E-state index contributed by atoms with van der Waals surface area (Å²) in [5.41, 5.74) is 2.86. The summed E-state index contributed by atoms with van der Waals surface area (Å²) >= 11 is 10.8. The van der Waals surface area contributed by atoms with Gasteiger partial charge in [-0.05, 0) is 28.3 Å². The summed E-state index contributed by atoms with van der Waals surface area (Å²) in [5, 5.41) is 3.89. The van der Waals surface area contributed by atoms with Crippen LogP contribution in [0, 0.1) is 0 Å². The molecule has 0 aromatic heterocycles. The number of alkyl halides is 2. The van der Waals surface area contributed by atoms with Gasteiger partial charge in [-0.1, -0.05) is 0 Å². The van der Waals surface area contributed by atoms with Crippen LogP contribution < -0.4 is 5.43 Å². The topological polar surface area (TPSA) is 27.4 Å². The third kappa shape index (κ3) is 1.23. The molecule has 0 aliphatic carbocycles. The van der Waals surface area contributed by atoms with Crippen molar-refractivity contribution in [1.82, 2.24) is 5.43 Å². The molecule has 5 heteroatoms. The minimum Gasteiger partial charge on any atom is -0.169 e. The zero-order valence-electron chi connectivity index (χ0n) is 4.14. The summed E-state index contributed by atoms with van der Waals surface area (Å²) in [7, 11) is 0. The maximum absolute atomic E-state index is 5.42. The van der Waals surface area contributed by atoms with E-state index in [1.165, 1.54) is 4.81 Å². The number of halogens is 2. The van der Waals surface area contributed by atoms with Crippen molar-refractivity contribution in [1.29, 1.82) is 0 Å². The van der Waals surface area contributed by atoms with E-state index in [2.05, 4.69) is 10.5 Å². The van der Waals surface area contributed by atoms with Crippen LogP contribution in [0.4, 0.5) is 0 Å². The van der Waals surface area contributed by atoms with Crippen LogP contribution in [-0.4, -0.2) is 22.9 Å². The molecule has 1 aliphatic rings. The summed E-state index contributed by atoms with van der Waals surface area (Å²) in [4.78, 5) is 0.876. The van der Waals surface area contributed by atoms with E-state index in [0.717, 1.165) is 13.1 Å². The van der Waals surface area contributed by atoms with Crippen molar-refractivity contribution < 1.29 is 4.81 Å². The van der Waals surface area contributed by atoms with Gasteiger partial charge in [0.25, 0.3) is 0 Å². The van der Waals surface area contributed by atoms with Crippen LogP contribution in [0.2, 0.25) is 0 Å². The average Bonchev–Trinajstić information content (AvgIpc) is 2.12.